The molecule has 0 bridgehead atoms. The van der Waals surface area contributed by atoms with E-state index in [2.05, 4.69) is 20.3 Å². The largest absolute Gasteiger partial charge is 0.436 e. The number of nitrogens with zero attached hydrogens (tertiary/aromatic N) is 1. The molecule has 1 aromatic carbocycles. The van der Waals surface area contributed by atoms with Gasteiger partial charge in [-0.1, -0.05) is 34.4 Å². The Bertz CT molecular complexity index is 760. The fourth-order valence-corrected chi connectivity index (χ4v) is 2.15. The lowest BCUT2D eigenvalue weighted by Crippen LogP contribution is -2.43. The van der Waals surface area contributed by atoms with E-state index in [4.69, 9.17) is 23.2 Å². The summed E-state index contributed by atoms with van der Waals surface area (Å²) in [5.74, 6) is -0.426. The van der Waals surface area contributed by atoms with Crippen LogP contribution in [0.5, 0.6) is 0 Å². The third-order valence-electron chi connectivity index (χ3n) is 3.10. The Hall–Kier alpha value is -1.93. The van der Waals surface area contributed by atoms with Crippen LogP contribution in [0.3, 0.4) is 0 Å². The van der Waals surface area contributed by atoms with Crippen LogP contribution < -0.4 is 10.6 Å². The number of carbonyl (C=O) groups excluding carboxylic acids is 1. The molecular formula is C14H12Cl2F3N3O2. The van der Waals surface area contributed by atoms with Gasteiger partial charge in [0.25, 0.3) is 0 Å². The zero-order valence-corrected chi connectivity index (χ0v) is 14.0. The highest BCUT2D eigenvalue weighted by atomic mass is 35.5. The molecule has 130 valence electrons. The van der Waals surface area contributed by atoms with Crippen molar-refractivity contribution in [3.63, 3.8) is 0 Å². The van der Waals surface area contributed by atoms with Crippen LogP contribution in [0.25, 0.3) is 0 Å². The number of urea groups is 1. The number of nitrogens with one attached hydrogen (secondary N) is 2. The number of rotatable bonds is 3. The third-order valence-corrected chi connectivity index (χ3v) is 3.84. The van der Waals surface area contributed by atoms with Crippen molar-refractivity contribution in [2.24, 2.45) is 0 Å². The molecule has 2 amide bonds. The van der Waals surface area contributed by atoms with Crippen LogP contribution in [0.15, 0.2) is 28.8 Å². The van der Waals surface area contributed by atoms with Gasteiger partial charge in [-0.25, -0.2) is 4.79 Å². The number of halogens is 5. The van der Waals surface area contributed by atoms with Gasteiger partial charge in [0.2, 0.25) is 5.88 Å². The number of amides is 2. The molecule has 0 fully saturated rings. The van der Waals surface area contributed by atoms with Gasteiger partial charge < -0.3 is 9.84 Å². The second-order valence-electron chi connectivity index (χ2n) is 5.41. The van der Waals surface area contributed by atoms with Gasteiger partial charge in [0.15, 0.2) is 5.69 Å². The Labute approximate surface area is 145 Å². The monoisotopic (exact) mass is 381 g/mol. The summed E-state index contributed by atoms with van der Waals surface area (Å²) in [6.45, 7) is 3.38. The molecule has 0 radical (unpaired) electrons. The Morgan fingerprint density at radius 3 is 2.38 bits per heavy atom. The molecule has 5 nitrogen and oxygen atoms in total. The Morgan fingerprint density at radius 1 is 1.17 bits per heavy atom. The van der Waals surface area contributed by atoms with Crippen molar-refractivity contribution in [2.75, 3.05) is 5.32 Å². The molecule has 0 aliphatic heterocycles. The van der Waals surface area contributed by atoms with Gasteiger partial charge in [-0.2, -0.15) is 13.2 Å². The van der Waals surface area contributed by atoms with Crippen molar-refractivity contribution < 1.29 is 22.5 Å². The molecule has 0 saturated carbocycles. The topological polar surface area (TPSA) is 67.2 Å². The van der Waals surface area contributed by atoms with Crippen LogP contribution >= 0.6 is 23.2 Å². The number of hydrogen-bond donors (Lipinski definition) is 2. The fourth-order valence-electron chi connectivity index (χ4n) is 1.85. The van der Waals surface area contributed by atoms with Gasteiger partial charge in [0.1, 0.15) is 0 Å². The highest BCUT2D eigenvalue weighted by Crippen LogP contribution is 2.30. The molecule has 0 aliphatic carbocycles. The summed E-state index contributed by atoms with van der Waals surface area (Å²) in [5.41, 5.74) is -1.45. The molecule has 1 heterocycles. The molecule has 2 aromatic rings. The van der Waals surface area contributed by atoms with Crippen molar-refractivity contribution in [3.8, 4) is 0 Å². The van der Waals surface area contributed by atoms with Crippen LogP contribution in [0.1, 0.15) is 25.1 Å². The minimum absolute atomic E-state index is 0.314. The number of carbonyl (C=O) groups is 1. The lowest BCUT2D eigenvalue weighted by Gasteiger charge is -2.27. The lowest BCUT2D eigenvalue weighted by atomic mass is 9.94. The van der Waals surface area contributed by atoms with Crippen LogP contribution in [0.4, 0.5) is 23.8 Å². The molecule has 0 saturated heterocycles. The average molecular weight is 382 g/mol. The molecule has 24 heavy (non-hydrogen) atoms. The molecule has 10 heteroatoms. The normalized spacial score (nSPS) is 12.1. The highest BCUT2D eigenvalue weighted by Gasteiger charge is 2.35. The van der Waals surface area contributed by atoms with Gasteiger partial charge in [0, 0.05) is 6.07 Å². The zero-order chi connectivity index (χ0) is 18.1. The number of benzene rings is 1. The number of anilines is 1. The minimum Gasteiger partial charge on any atom is -0.338 e. The van der Waals surface area contributed by atoms with E-state index in [0.717, 1.165) is 0 Å². The van der Waals surface area contributed by atoms with Crippen LogP contribution in [-0.4, -0.2) is 11.2 Å². The summed E-state index contributed by atoms with van der Waals surface area (Å²) in [4.78, 5) is 12.0. The van der Waals surface area contributed by atoms with Crippen molar-refractivity contribution in [3.05, 3.63) is 45.6 Å². The third kappa shape index (κ3) is 4.33. The molecule has 0 spiro atoms. The highest BCUT2D eigenvalue weighted by molar-refractivity contribution is 6.42. The Balaban J connectivity index is 2.07. The predicted molar refractivity (Wildman–Crippen MR) is 83.1 cm³/mol. The summed E-state index contributed by atoms with van der Waals surface area (Å²) in [7, 11) is 0. The van der Waals surface area contributed by atoms with Gasteiger partial charge >= 0.3 is 12.2 Å². The summed E-state index contributed by atoms with van der Waals surface area (Å²) >= 11 is 11.8. The molecule has 2 rings (SSSR count). The van der Waals surface area contributed by atoms with E-state index in [9.17, 15) is 18.0 Å². The molecule has 2 N–H and O–H groups in total. The molecule has 0 atom stereocenters. The van der Waals surface area contributed by atoms with Crippen molar-refractivity contribution in [2.45, 2.75) is 25.6 Å². The maximum atomic E-state index is 12.4. The van der Waals surface area contributed by atoms with Gasteiger partial charge in [-0.05, 0) is 31.5 Å². The fraction of sp³-hybridized carbons (Fsp3) is 0.286. The zero-order valence-electron chi connectivity index (χ0n) is 12.5. The Morgan fingerprint density at radius 2 is 1.83 bits per heavy atom. The molecular weight excluding hydrogens is 370 g/mol. The quantitative estimate of drug-likeness (QED) is 0.780. The maximum Gasteiger partial charge on any atom is 0.436 e. The number of aromatic nitrogens is 1. The van der Waals surface area contributed by atoms with Gasteiger partial charge in [-0.3, -0.25) is 5.32 Å². The first-order valence-electron chi connectivity index (χ1n) is 6.57. The van der Waals surface area contributed by atoms with E-state index < -0.39 is 29.3 Å². The minimum atomic E-state index is -4.65. The smallest absolute Gasteiger partial charge is 0.338 e. The van der Waals surface area contributed by atoms with E-state index in [1.165, 1.54) is 0 Å². The van der Waals surface area contributed by atoms with Gasteiger partial charge in [-0.15, -0.1) is 0 Å². The number of hydrogen-bond acceptors (Lipinski definition) is 3. The first-order chi connectivity index (χ1) is 11.0. The summed E-state index contributed by atoms with van der Waals surface area (Å²) in [5, 5.41) is 8.26. The van der Waals surface area contributed by atoms with Crippen molar-refractivity contribution >= 4 is 35.1 Å². The van der Waals surface area contributed by atoms with E-state index in [1.807, 2.05) is 0 Å². The van der Waals surface area contributed by atoms with E-state index in [-0.39, 0.29) is 0 Å². The van der Waals surface area contributed by atoms with E-state index in [0.29, 0.717) is 21.7 Å². The lowest BCUT2D eigenvalue weighted by molar-refractivity contribution is -0.142. The predicted octanol–water partition coefficient (Wildman–Crippen LogP) is 5.06. The number of alkyl halides is 3. The van der Waals surface area contributed by atoms with Crippen molar-refractivity contribution in [1.29, 1.82) is 0 Å². The first kappa shape index (κ1) is 18.4. The SMILES string of the molecule is CC(C)(NC(=O)Nc1cc(C(F)(F)F)no1)c1ccc(Cl)c(Cl)c1. The van der Waals surface area contributed by atoms with Crippen LogP contribution in [0.2, 0.25) is 10.0 Å². The van der Waals surface area contributed by atoms with Crippen molar-refractivity contribution in [1.82, 2.24) is 10.5 Å². The standard InChI is InChI=1S/C14H12Cl2F3N3O2/c1-13(2,7-3-4-8(15)9(16)5-7)21-12(23)20-11-6-10(22-24-11)14(17,18)19/h3-6H,1-2H3,(H2,20,21,23). The van der Waals surface area contributed by atoms with E-state index >= 15 is 0 Å². The molecule has 0 unspecified atom stereocenters. The Kier molecular flexibility index (Phi) is 5.00. The van der Waals surface area contributed by atoms with Gasteiger partial charge in [0.05, 0.1) is 15.6 Å². The van der Waals surface area contributed by atoms with E-state index in [1.54, 1.807) is 32.0 Å². The second-order valence-corrected chi connectivity index (χ2v) is 6.22. The average Bonchev–Trinajstić information content (AvgIpc) is 2.89. The summed E-state index contributed by atoms with van der Waals surface area (Å²) < 4.78 is 41.7. The summed E-state index contributed by atoms with van der Waals surface area (Å²) in [6, 6.07) is 4.65. The van der Waals surface area contributed by atoms with Crippen LogP contribution in [-0.2, 0) is 11.7 Å². The maximum absolute atomic E-state index is 12.4. The summed E-state index contributed by atoms with van der Waals surface area (Å²) in [6.07, 6.45) is -4.65. The molecule has 0 aliphatic rings. The van der Waals surface area contributed by atoms with Crippen LogP contribution in [0, 0.1) is 0 Å². The second kappa shape index (κ2) is 6.52. The molecule has 1 aromatic heterocycles. The first-order valence-corrected chi connectivity index (χ1v) is 7.33.